The molecule has 3 unspecified atom stereocenters. The maximum Gasteiger partial charge on any atom is 0.251 e. The average molecular weight is 239 g/mol. The summed E-state index contributed by atoms with van der Waals surface area (Å²) in [7, 11) is 0. The predicted octanol–water partition coefficient (Wildman–Crippen LogP) is 0.211. The molecule has 1 aliphatic rings. The molecule has 2 rings (SSSR count). The van der Waals surface area contributed by atoms with Gasteiger partial charge >= 0.3 is 0 Å². The van der Waals surface area contributed by atoms with E-state index in [0.717, 1.165) is 0 Å². The number of hydrogen-bond donors (Lipinski definition) is 3. The van der Waals surface area contributed by atoms with Gasteiger partial charge in [0.2, 0.25) is 0 Å². The van der Waals surface area contributed by atoms with Crippen molar-refractivity contribution in [1.82, 2.24) is 5.32 Å². The lowest BCUT2D eigenvalue weighted by molar-refractivity contribution is 0.0764. The van der Waals surface area contributed by atoms with Crippen molar-refractivity contribution in [3.8, 4) is 0 Å². The van der Waals surface area contributed by atoms with Crippen LogP contribution in [-0.2, 0) is 0 Å². The lowest BCUT2D eigenvalue weighted by atomic mass is 10.1. The Bertz CT molecular complexity index is 361. The second-order valence-corrected chi connectivity index (χ2v) is 4.81. The van der Waals surface area contributed by atoms with Crippen LogP contribution >= 0.6 is 11.8 Å². The fourth-order valence-electron chi connectivity index (χ4n) is 1.59. The highest BCUT2D eigenvalue weighted by molar-refractivity contribution is 8.00. The van der Waals surface area contributed by atoms with Crippen LogP contribution in [0.25, 0.3) is 0 Å². The third kappa shape index (κ3) is 2.37. The van der Waals surface area contributed by atoms with Gasteiger partial charge in [0.25, 0.3) is 5.91 Å². The van der Waals surface area contributed by atoms with Crippen LogP contribution in [0.15, 0.2) is 30.3 Å². The first-order valence-electron chi connectivity index (χ1n) is 5.02. The number of thioether (sulfide) groups is 1. The first-order chi connectivity index (χ1) is 7.68. The van der Waals surface area contributed by atoms with Gasteiger partial charge in [-0.3, -0.25) is 4.79 Å². The van der Waals surface area contributed by atoms with E-state index in [1.165, 1.54) is 11.8 Å². The summed E-state index contributed by atoms with van der Waals surface area (Å²) in [5, 5.41) is 21.7. The topological polar surface area (TPSA) is 69.6 Å². The summed E-state index contributed by atoms with van der Waals surface area (Å²) in [6, 6.07) is 8.16. The molecular weight excluding hydrogens is 226 g/mol. The molecule has 5 heteroatoms. The highest BCUT2D eigenvalue weighted by Crippen LogP contribution is 2.25. The number of rotatable bonds is 2. The SMILES string of the molecule is O=C(NC1C(O)CSC1O)c1ccccc1. The second-order valence-electron chi connectivity index (χ2n) is 3.66. The molecule has 16 heavy (non-hydrogen) atoms. The van der Waals surface area contributed by atoms with Crippen LogP contribution < -0.4 is 5.32 Å². The minimum absolute atomic E-state index is 0.272. The van der Waals surface area contributed by atoms with Crippen molar-refractivity contribution in [3.05, 3.63) is 35.9 Å². The van der Waals surface area contributed by atoms with Crippen molar-refractivity contribution in [2.24, 2.45) is 0 Å². The van der Waals surface area contributed by atoms with E-state index in [0.29, 0.717) is 11.3 Å². The Labute approximate surface area is 97.7 Å². The van der Waals surface area contributed by atoms with Crippen molar-refractivity contribution in [2.75, 3.05) is 5.75 Å². The summed E-state index contributed by atoms with van der Waals surface area (Å²) in [5.74, 6) is 0.173. The zero-order chi connectivity index (χ0) is 11.5. The molecule has 3 N–H and O–H groups in total. The van der Waals surface area contributed by atoms with E-state index in [2.05, 4.69) is 5.32 Å². The lowest BCUT2D eigenvalue weighted by Gasteiger charge is -2.18. The summed E-state index contributed by atoms with van der Waals surface area (Å²) in [4.78, 5) is 11.7. The van der Waals surface area contributed by atoms with Crippen LogP contribution in [0.3, 0.4) is 0 Å². The molecule has 0 aliphatic carbocycles. The number of nitrogens with one attached hydrogen (secondary N) is 1. The van der Waals surface area contributed by atoms with Gasteiger partial charge in [-0.15, -0.1) is 11.8 Å². The van der Waals surface area contributed by atoms with E-state index in [9.17, 15) is 15.0 Å². The molecule has 0 radical (unpaired) electrons. The van der Waals surface area contributed by atoms with E-state index in [-0.39, 0.29) is 5.91 Å². The summed E-state index contributed by atoms with van der Waals surface area (Å²) in [6.45, 7) is 0. The molecule has 0 spiro atoms. The predicted molar refractivity (Wildman–Crippen MR) is 62.2 cm³/mol. The largest absolute Gasteiger partial charge is 0.390 e. The van der Waals surface area contributed by atoms with Gasteiger partial charge in [0.15, 0.2) is 0 Å². The molecule has 1 heterocycles. The summed E-state index contributed by atoms with van der Waals surface area (Å²) in [5.41, 5.74) is -0.207. The fraction of sp³-hybridized carbons (Fsp3) is 0.364. The maximum atomic E-state index is 11.7. The zero-order valence-electron chi connectivity index (χ0n) is 8.54. The lowest BCUT2D eigenvalue weighted by Crippen LogP contribution is -2.46. The highest BCUT2D eigenvalue weighted by Gasteiger charge is 2.35. The van der Waals surface area contributed by atoms with E-state index in [1.807, 2.05) is 6.07 Å². The van der Waals surface area contributed by atoms with E-state index < -0.39 is 17.6 Å². The first-order valence-corrected chi connectivity index (χ1v) is 6.07. The van der Waals surface area contributed by atoms with Gasteiger partial charge in [0.05, 0.1) is 12.1 Å². The Morgan fingerprint density at radius 1 is 1.31 bits per heavy atom. The molecule has 1 fully saturated rings. The minimum Gasteiger partial charge on any atom is -0.390 e. The third-order valence-corrected chi connectivity index (χ3v) is 3.66. The van der Waals surface area contributed by atoms with Crippen LogP contribution in [0, 0.1) is 0 Å². The van der Waals surface area contributed by atoms with Gasteiger partial charge < -0.3 is 15.5 Å². The van der Waals surface area contributed by atoms with Crippen LogP contribution in [0.1, 0.15) is 10.4 Å². The Hall–Kier alpha value is -1.04. The van der Waals surface area contributed by atoms with Crippen LogP contribution in [0.4, 0.5) is 0 Å². The molecule has 3 atom stereocenters. The molecule has 1 aromatic rings. The molecule has 4 nitrogen and oxygen atoms in total. The summed E-state index contributed by atoms with van der Waals surface area (Å²) >= 11 is 1.24. The van der Waals surface area contributed by atoms with Gasteiger partial charge in [-0.25, -0.2) is 0 Å². The van der Waals surface area contributed by atoms with Crippen molar-refractivity contribution in [3.63, 3.8) is 0 Å². The van der Waals surface area contributed by atoms with Crippen LogP contribution in [-0.4, -0.2) is 39.5 Å². The van der Waals surface area contributed by atoms with Crippen molar-refractivity contribution in [1.29, 1.82) is 0 Å². The highest BCUT2D eigenvalue weighted by atomic mass is 32.2. The number of carbonyl (C=O) groups is 1. The molecule has 1 saturated heterocycles. The molecule has 1 aliphatic heterocycles. The van der Waals surface area contributed by atoms with Gasteiger partial charge in [0.1, 0.15) is 5.44 Å². The molecular formula is C11H13NO3S. The quantitative estimate of drug-likeness (QED) is 0.690. The van der Waals surface area contributed by atoms with Gasteiger partial charge in [-0.1, -0.05) is 18.2 Å². The van der Waals surface area contributed by atoms with E-state index in [1.54, 1.807) is 24.3 Å². The number of hydrogen-bond acceptors (Lipinski definition) is 4. The fourth-order valence-corrected chi connectivity index (χ4v) is 2.64. The number of aliphatic hydroxyl groups excluding tert-OH is 2. The average Bonchev–Trinajstić information content (AvgIpc) is 2.62. The summed E-state index contributed by atoms with van der Waals surface area (Å²) in [6.07, 6.45) is -0.687. The Morgan fingerprint density at radius 3 is 2.56 bits per heavy atom. The smallest absolute Gasteiger partial charge is 0.251 e. The number of aliphatic hydroxyl groups is 2. The van der Waals surface area contributed by atoms with Gasteiger partial charge in [-0.05, 0) is 12.1 Å². The second kappa shape index (κ2) is 4.86. The van der Waals surface area contributed by atoms with Crippen molar-refractivity contribution >= 4 is 17.7 Å². The standard InChI is InChI=1S/C11H13NO3S/c13-8-6-16-11(15)9(8)12-10(14)7-4-2-1-3-5-7/h1-5,8-9,11,13,15H,6H2,(H,12,14). The Morgan fingerprint density at radius 2 is 2.00 bits per heavy atom. The molecule has 0 saturated carbocycles. The summed E-state index contributed by atoms with van der Waals surface area (Å²) < 4.78 is 0. The van der Waals surface area contributed by atoms with Gasteiger partial charge in [-0.2, -0.15) is 0 Å². The number of carbonyl (C=O) groups excluding carboxylic acids is 1. The van der Waals surface area contributed by atoms with Crippen molar-refractivity contribution in [2.45, 2.75) is 17.6 Å². The molecule has 0 bridgehead atoms. The van der Waals surface area contributed by atoms with Crippen LogP contribution in [0.2, 0.25) is 0 Å². The Balaban J connectivity index is 2.02. The van der Waals surface area contributed by atoms with Gasteiger partial charge in [0, 0.05) is 11.3 Å². The first kappa shape index (κ1) is 11.4. The Kier molecular flexibility index (Phi) is 3.48. The van der Waals surface area contributed by atoms with Crippen molar-refractivity contribution < 1.29 is 15.0 Å². The zero-order valence-corrected chi connectivity index (χ0v) is 9.35. The molecule has 1 amide bonds. The molecule has 1 aromatic carbocycles. The van der Waals surface area contributed by atoms with E-state index >= 15 is 0 Å². The monoisotopic (exact) mass is 239 g/mol. The molecule has 0 aromatic heterocycles. The van der Waals surface area contributed by atoms with E-state index in [4.69, 9.17) is 0 Å². The van der Waals surface area contributed by atoms with Crippen LogP contribution in [0.5, 0.6) is 0 Å². The maximum absolute atomic E-state index is 11.7. The minimum atomic E-state index is -0.734. The molecule has 86 valence electrons. The number of benzene rings is 1. The normalized spacial score (nSPS) is 29.0. The number of amides is 1. The third-order valence-electron chi connectivity index (χ3n) is 2.49.